The van der Waals surface area contributed by atoms with Gasteiger partial charge in [-0.05, 0) is 29.8 Å². The number of hydrogen-bond acceptors (Lipinski definition) is 5. The molecule has 0 radical (unpaired) electrons. The number of anilines is 1. The predicted molar refractivity (Wildman–Crippen MR) is 115 cm³/mol. The normalized spacial score (nSPS) is 19.7. The van der Waals surface area contributed by atoms with Crippen molar-refractivity contribution < 1.29 is 13.2 Å². The van der Waals surface area contributed by atoms with E-state index in [0.717, 1.165) is 21.3 Å². The third kappa shape index (κ3) is 2.98. The smallest absolute Gasteiger partial charge is 0.268 e. The van der Waals surface area contributed by atoms with E-state index in [4.69, 9.17) is 5.10 Å². The zero-order chi connectivity index (χ0) is 20.7. The van der Waals surface area contributed by atoms with E-state index < -0.39 is 15.9 Å². The van der Waals surface area contributed by atoms with Crippen LogP contribution in [-0.4, -0.2) is 36.9 Å². The molecule has 1 atom stereocenters. The number of benzene rings is 3. The van der Waals surface area contributed by atoms with Crippen LogP contribution < -0.4 is 5.01 Å². The second kappa shape index (κ2) is 7.11. The van der Waals surface area contributed by atoms with Crippen LogP contribution in [0.5, 0.6) is 0 Å². The van der Waals surface area contributed by atoms with Crippen LogP contribution in [0.25, 0.3) is 0 Å². The molecule has 1 unspecified atom stereocenters. The number of hydrogen-bond donors (Lipinski definition) is 0. The molecule has 2 aliphatic heterocycles. The first-order valence-corrected chi connectivity index (χ1v) is 11.1. The highest BCUT2D eigenvalue weighted by atomic mass is 32.2. The maximum Gasteiger partial charge on any atom is 0.269 e. The summed E-state index contributed by atoms with van der Waals surface area (Å²) < 4.78 is 27.0. The number of carbonyl (C=O) groups excluding carboxylic acids is 1. The zero-order valence-electron chi connectivity index (χ0n) is 16.0. The molecule has 0 bridgehead atoms. The van der Waals surface area contributed by atoms with E-state index in [0.29, 0.717) is 6.42 Å². The van der Waals surface area contributed by atoms with Gasteiger partial charge in [-0.1, -0.05) is 60.7 Å². The molecule has 3 aromatic rings. The first kappa shape index (κ1) is 18.6. The Hall–Kier alpha value is -3.45. The van der Waals surface area contributed by atoms with Crippen LogP contribution >= 0.6 is 0 Å². The lowest BCUT2D eigenvalue weighted by atomic mass is 10.0. The lowest BCUT2D eigenvalue weighted by Gasteiger charge is -2.27. The molecular formula is C23H19N3O3S. The van der Waals surface area contributed by atoms with Crippen LogP contribution in [-0.2, 0) is 10.0 Å². The Labute approximate surface area is 175 Å². The Bertz CT molecular complexity index is 1240. The molecule has 2 aliphatic rings. The quantitative estimate of drug-likeness (QED) is 0.651. The third-order valence-corrected chi connectivity index (χ3v) is 7.23. The number of hydrazone groups is 1. The van der Waals surface area contributed by atoms with E-state index in [-0.39, 0.29) is 23.0 Å². The van der Waals surface area contributed by atoms with Crippen LogP contribution in [0, 0.1) is 0 Å². The Kier molecular flexibility index (Phi) is 4.40. The Balaban J connectivity index is 1.50. The molecule has 3 aromatic carbocycles. The van der Waals surface area contributed by atoms with Gasteiger partial charge >= 0.3 is 0 Å². The number of fused-ring (bicyclic) bond motifs is 1. The van der Waals surface area contributed by atoms with Crippen LogP contribution in [0.3, 0.4) is 0 Å². The average Bonchev–Trinajstić information content (AvgIpc) is 3.29. The molecule has 0 aromatic heterocycles. The van der Waals surface area contributed by atoms with Gasteiger partial charge in [-0.15, -0.1) is 0 Å². The highest BCUT2D eigenvalue weighted by Crippen LogP contribution is 2.33. The van der Waals surface area contributed by atoms with Crippen LogP contribution in [0.2, 0.25) is 0 Å². The zero-order valence-corrected chi connectivity index (χ0v) is 16.9. The Morgan fingerprint density at radius 2 is 1.50 bits per heavy atom. The fourth-order valence-corrected chi connectivity index (χ4v) is 5.57. The van der Waals surface area contributed by atoms with Crippen molar-refractivity contribution >= 4 is 27.3 Å². The molecule has 30 heavy (non-hydrogen) atoms. The summed E-state index contributed by atoms with van der Waals surface area (Å²) in [6.45, 7) is 0.0323. The molecule has 0 spiro atoms. The van der Waals surface area contributed by atoms with E-state index in [1.165, 1.54) is 6.07 Å². The average molecular weight is 417 g/mol. The standard InChI is InChI=1S/C23H19N3O3S/c27-23-20-13-7-8-14-22(20)30(28,29)25(23)16-19-15-21(17-9-3-1-4-10-17)24-26(19)18-11-5-2-6-12-18/h1-14,19H,15-16H2. The van der Waals surface area contributed by atoms with E-state index in [2.05, 4.69) is 0 Å². The third-order valence-electron chi connectivity index (χ3n) is 5.42. The second-order valence-electron chi connectivity index (χ2n) is 7.29. The maximum absolute atomic E-state index is 13.0. The summed E-state index contributed by atoms with van der Waals surface area (Å²) in [4.78, 5) is 13.0. The Morgan fingerprint density at radius 3 is 2.20 bits per heavy atom. The number of amides is 1. The van der Waals surface area contributed by atoms with Crippen molar-refractivity contribution in [1.82, 2.24) is 4.31 Å². The molecule has 7 heteroatoms. The summed E-state index contributed by atoms with van der Waals surface area (Å²) in [5.41, 5.74) is 2.94. The summed E-state index contributed by atoms with van der Waals surface area (Å²) in [7, 11) is -3.86. The molecule has 0 saturated heterocycles. The molecule has 6 nitrogen and oxygen atoms in total. The molecule has 1 amide bonds. The first-order valence-electron chi connectivity index (χ1n) is 9.69. The van der Waals surface area contributed by atoms with Gasteiger partial charge in [-0.2, -0.15) is 5.10 Å². The molecule has 150 valence electrons. The van der Waals surface area contributed by atoms with E-state index in [1.54, 1.807) is 18.2 Å². The fourth-order valence-electron chi connectivity index (χ4n) is 3.96. The van der Waals surface area contributed by atoms with Crippen LogP contribution in [0.15, 0.2) is 94.9 Å². The number of para-hydroxylation sites is 1. The van der Waals surface area contributed by atoms with Crippen molar-refractivity contribution in [2.24, 2.45) is 5.10 Å². The van der Waals surface area contributed by atoms with Gasteiger partial charge in [0, 0.05) is 6.42 Å². The molecule has 5 rings (SSSR count). The van der Waals surface area contributed by atoms with Gasteiger partial charge < -0.3 is 0 Å². The Morgan fingerprint density at radius 1 is 0.867 bits per heavy atom. The van der Waals surface area contributed by atoms with Crippen molar-refractivity contribution in [3.63, 3.8) is 0 Å². The van der Waals surface area contributed by atoms with Gasteiger partial charge in [0.05, 0.1) is 29.5 Å². The fraction of sp³-hybridized carbons (Fsp3) is 0.130. The summed E-state index contributed by atoms with van der Waals surface area (Å²) in [5.74, 6) is -0.480. The lowest BCUT2D eigenvalue weighted by molar-refractivity contribution is 0.0866. The monoisotopic (exact) mass is 417 g/mol. The number of carbonyl (C=O) groups is 1. The minimum atomic E-state index is -3.86. The first-order chi connectivity index (χ1) is 14.6. The SMILES string of the molecule is O=C1c2ccccc2S(=O)(=O)N1CC1CC(c2ccccc2)=NN1c1ccccc1. The van der Waals surface area contributed by atoms with Crippen LogP contribution in [0.4, 0.5) is 5.69 Å². The van der Waals surface area contributed by atoms with Gasteiger partial charge in [-0.25, -0.2) is 12.7 Å². The minimum absolute atomic E-state index is 0.0323. The van der Waals surface area contributed by atoms with E-state index in [1.807, 2.05) is 65.7 Å². The van der Waals surface area contributed by atoms with Gasteiger partial charge in [0.15, 0.2) is 0 Å². The van der Waals surface area contributed by atoms with Gasteiger partial charge in [0.25, 0.3) is 15.9 Å². The van der Waals surface area contributed by atoms with Gasteiger partial charge in [0.2, 0.25) is 0 Å². The second-order valence-corrected chi connectivity index (χ2v) is 9.12. The maximum atomic E-state index is 13.0. The molecular weight excluding hydrogens is 398 g/mol. The van der Waals surface area contributed by atoms with E-state index in [9.17, 15) is 13.2 Å². The summed E-state index contributed by atoms with van der Waals surface area (Å²) in [6.07, 6.45) is 0.536. The predicted octanol–water partition coefficient (Wildman–Crippen LogP) is 3.51. The highest BCUT2D eigenvalue weighted by Gasteiger charge is 2.43. The molecule has 2 heterocycles. The van der Waals surface area contributed by atoms with Crippen molar-refractivity contribution in [2.45, 2.75) is 17.4 Å². The number of nitrogens with zero attached hydrogens (tertiary/aromatic N) is 3. The molecule has 0 aliphatic carbocycles. The largest absolute Gasteiger partial charge is 0.269 e. The number of rotatable bonds is 4. The molecule has 0 saturated carbocycles. The van der Waals surface area contributed by atoms with Gasteiger partial charge in [0.1, 0.15) is 4.90 Å². The topological polar surface area (TPSA) is 70.0 Å². The molecule has 0 fully saturated rings. The summed E-state index contributed by atoms with van der Waals surface area (Å²) in [6, 6.07) is 25.5. The van der Waals surface area contributed by atoms with Gasteiger partial charge in [-0.3, -0.25) is 9.80 Å². The summed E-state index contributed by atoms with van der Waals surface area (Å²) >= 11 is 0. The summed E-state index contributed by atoms with van der Waals surface area (Å²) in [5, 5.41) is 6.62. The highest BCUT2D eigenvalue weighted by molar-refractivity contribution is 7.90. The van der Waals surface area contributed by atoms with Crippen molar-refractivity contribution in [3.05, 3.63) is 96.1 Å². The van der Waals surface area contributed by atoms with Crippen molar-refractivity contribution in [3.8, 4) is 0 Å². The van der Waals surface area contributed by atoms with Crippen molar-refractivity contribution in [1.29, 1.82) is 0 Å². The van der Waals surface area contributed by atoms with Crippen LogP contribution in [0.1, 0.15) is 22.3 Å². The lowest BCUT2D eigenvalue weighted by Crippen LogP contribution is -2.42. The van der Waals surface area contributed by atoms with E-state index >= 15 is 0 Å². The minimum Gasteiger partial charge on any atom is -0.268 e. The van der Waals surface area contributed by atoms with Crippen molar-refractivity contribution in [2.75, 3.05) is 11.6 Å². The number of sulfonamides is 1. The molecule has 0 N–H and O–H groups in total.